The van der Waals surface area contributed by atoms with Gasteiger partial charge in [-0.1, -0.05) is 12.1 Å². The molecule has 0 aromatic heterocycles. The molecule has 0 atom stereocenters. The van der Waals surface area contributed by atoms with Gasteiger partial charge in [0.05, 0.1) is 0 Å². The summed E-state index contributed by atoms with van der Waals surface area (Å²) in [6, 6.07) is 9.72. The number of hydrogen-bond acceptors (Lipinski definition) is 2. The van der Waals surface area contributed by atoms with E-state index in [0.29, 0.717) is 0 Å². The molecule has 1 N–H and O–H groups in total. The van der Waals surface area contributed by atoms with Crippen molar-refractivity contribution < 1.29 is 0 Å². The summed E-state index contributed by atoms with van der Waals surface area (Å²) >= 11 is 0. The normalized spacial score (nSPS) is 15.1. The van der Waals surface area contributed by atoms with E-state index >= 15 is 0 Å². The van der Waals surface area contributed by atoms with Crippen molar-refractivity contribution in [1.82, 2.24) is 5.32 Å². The van der Waals surface area contributed by atoms with E-state index in [4.69, 9.17) is 0 Å². The average Bonchev–Trinajstić information content (AvgIpc) is 3.09. The van der Waals surface area contributed by atoms with Crippen molar-refractivity contribution in [2.24, 2.45) is 0 Å². The van der Waals surface area contributed by atoms with Crippen molar-refractivity contribution in [2.75, 3.05) is 25.5 Å². The van der Waals surface area contributed by atoms with Gasteiger partial charge in [-0.3, -0.25) is 0 Å². The molecule has 0 heterocycles. The van der Waals surface area contributed by atoms with E-state index in [9.17, 15) is 0 Å². The number of benzene rings is 1. The van der Waals surface area contributed by atoms with Crippen molar-refractivity contribution in [2.45, 2.75) is 31.7 Å². The highest BCUT2D eigenvalue weighted by molar-refractivity contribution is 5.45. The molecule has 0 bridgehead atoms. The molecule has 1 aliphatic rings. The van der Waals surface area contributed by atoms with Crippen LogP contribution in [0.15, 0.2) is 24.3 Å². The van der Waals surface area contributed by atoms with Crippen molar-refractivity contribution in [3.63, 3.8) is 0 Å². The largest absolute Gasteiger partial charge is 0.378 e. The highest BCUT2D eigenvalue weighted by Crippen LogP contribution is 2.18. The minimum atomic E-state index is 0.844. The van der Waals surface area contributed by atoms with Gasteiger partial charge in [-0.05, 0) is 49.9 Å². The van der Waals surface area contributed by atoms with Crippen LogP contribution in [-0.4, -0.2) is 26.7 Å². The number of rotatable bonds is 6. The Morgan fingerprint density at radius 2 is 1.88 bits per heavy atom. The second-order valence-corrected chi connectivity index (χ2v) is 4.89. The van der Waals surface area contributed by atoms with Gasteiger partial charge >= 0.3 is 0 Å². The first kappa shape index (κ1) is 11.5. The molecular weight excluding hydrogens is 196 g/mol. The van der Waals surface area contributed by atoms with E-state index in [1.54, 1.807) is 0 Å². The fraction of sp³-hybridized carbons (Fsp3) is 0.571. The number of aryl methyl sites for hydroxylation is 1. The van der Waals surface area contributed by atoms with E-state index in [-0.39, 0.29) is 0 Å². The second-order valence-electron chi connectivity index (χ2n) is 4.89. The number of nitrogens with one attached hydrogen (secondary N) is 1. The van der Waals surface area contributed by atoms with Gasteiger partial charge in [-0.25, -0.2) is 0 Å². The first-order chi connectivity index (χ1) is 7.75. The Hall–Kier alpha value is -1.02. The zero-order valence-corrected chi connectivity index (χ0v) is 10.4. The Bertz CT molecular complexity index is 312. The zero-order chi connectivity index (χ0) is 11.4. The van der Waals surface area contributed by atoms with Crippen LogP contribution in [0.3, 0.4) is 0 Å². The van der Waals surface area contributed by atoms with Crippen LogP contribution in [0.5, 0.6) is 0 Å². The molecule has 1 aromatic rings. The van der Waals surface area contributed by atoms with Crippen molar-refractivity contribution in [3.05, 3.63) is 29.8 Å². The standard InChI is InChI=1S/C14H22N2/c1-16(2)14-9-5-12(6-10-14)4-3-11-15-13-7-8-13/h5-6,9-10,13,15H,3-4,7-8,11H2,1-2H3. The average molecular weight is 218 g/mol. The van der Waals surface area contributed by atoms with Crippen LogP contribution in [0.4, 0.5) is 5.69 Å². The van der Waals surface area contributed by atoms with Crippen LogP contribution in [0.25, 0.3) is 0 Å². The van der Waals surface area contributed by atoms with Crippen LogP contribution in [-0.2, 0) is 6.42 Å². The Morgan fingerprint density at radius 1 is 1.19 bits per heavy atom. The lowest BCUT2D eigenvalue weighted by Gasteiger charge is -2.12. The minimum absolute atomic E-state index is 0.844. The summed E-state index contributed by atoms with van der Waals surface area (Å²) in [6.45, 7) is 1.17. The van der Waals surface area contributed by atoms with Gasteiger partial charge in [-0.15, -0.1) is 0 Å². The summed E-state index contributed by atoms with van der Waals surface area (Å²) < 4.78 is 0. The maximum Gasteiger partial charge on any atom is 0.0361 e. The molecule has 0 saturated heterocycles. The maximum atomic E-state index is 3.55. The van der Waals surface area contributed by atoms with Crippen LogP contribution >= 0.6 is 0 Å². The molecule has 2 nitrogen and oxygen atoms in total. The minimum Gasteiger partial charge on any atom is -0.378 e. The first-order valence-corrected chi connectivity index (χ1v) is 6.25. The molecule has 0 aliphatic heterocycles. The van der Waals surface area contributed by atoms with E-state index in [1.165, 1.54) is 43.5 Å². The fourth-order valence-corrected chi connectivity index (χ4v) is 1.85. The summed E-state index contributed by atoms with van der Waals surface area (Å²) in [5.41, 5.74) is 2.73. The van der Waals surface area contributed by atoms with E-state index in [1.807, 2.05) is 0 Å². The second kappa shape index (κ2) is 5.35. The lowest BCUT2D eigenvalue weighted by Crippen LogP contribution is -2.17. The molecule has 0 radical (unpaired) electrons. The molecule has 16 heavy (non-hydrogen) atoms. The number of hydrogen-bond donors (Lipinski definition) is 1. The van der Waals surface area contributed by atoms with E-state index in [0.717, 1.165) is 6.04 Å². The van der Waals surface area contributed by atoms with Crippen molar-refractivity contribution in [3.8, 4) is 0 Å². The molecule has 88 valence electrons. The fourth-order valence-electron chi connectivity index (χ4n) is 1.85. The van der Waals surface area contributed by atoms with E-state index in [2.05, 4.69) is 48.6 Å². The van der Waals surface area contributed by atoms with Gasteiger partial charge < -0.3 is 10.2 Å². The number of nitrogens with zero attached hydrogens (tertiary/aromatic N) is 1. The van der Waals surface area contributed by atoms with Crippen LogP contribution in [0, 0.1) is 0 Å². The van der Waals surface area contributed by atoms with Crippen molar-refractivity contribution >= 4 is 5.69 Å². The smallest absolute Gasteiger partial charge is 0.0361 e. The SMILES string of the molecule is CN(C)c1ccc(CCCNC2CC2)cc1. The molecule has 1 aromatic carbocycles. The van der Waals surface area contributed by atoms with Crippen LogP contribution in [0.1, 0.15) is 24.8 Å². The van der Waals surface area contributed by atoms with E-state index < -0.39 is 0 Å². The highest BCUT2D eigenvalue weighted by atomic mass is 15.1. The predicted octanol–water partition coefficient (Wildman–Crippen LogP) is 2.44. The molecule has 2 rings (SSSR count). The molecule has 1 fully saturated rings. The summed E-state index contributed by atoms with van der Waals surface area (Å²) in [5.74, 6) is 0. The molecule has 1 aliphatic carbocycles. The third-order valence-electron chi connectivity index (χ3n) is 3.11. The van der Waals surface area contributed by atoms with Gasteiger partial charge in [0, 0.05) is 25.8 Å². The highest BCUT2D eigenvalue weighted by Gasteiger charge is 2.19. The predicted molar refractivity (Wildman–Crippen MR) is 70.1 cm³/mol. The Morgan fingerprint density at radius 3 is 2.44 bits per heavy atom. The molecule has 0 spiro atoms. The third-order valence-corrected chi connectivity index (χ3v) is 3.11. The zero-order valence-electron chi connectivity index (χ0n) is 10.4. The van der Waals surface area contributed by atoms with Gasteiger partial charge in [0.15, 0.2) is 0 Å². The monoisotopic (exact) mass is 218 g/mol. The maximum absolute atomic E-state index is 3.55. The van der Waals surface area contributed by atoms with Crippen molar-refractivity contribution in [1.29, 1.82) is 0 Å². The summed E-state index contributed by atoms with van der Waals surface area (Å²) in [4.78, 5) is 2.14. The van der Waals surface area contributed by atoms with Gasteiger partial charge in [0.25, 0.3) is 0 Å². The molecule has 0 unspecified atom stereocenters. The summed E-state index contributed by atoms with van der Waals surface area (Å²) in [7, 11) is 4.16. The van der Waals surface area contributed by atoms with Crippen LogP contribution < -0.4 is 10.2 Å². The lowest BCUT2D eigenvalue weighted by atomic mass is 10.1. The first-order valence-electron chi connectivity index (χ1n) is 6.25. The molecular formula is C14H22N2. The summed E-state index contributed by atoms with van der Waals surface area (Å²) in [6.07, 6.45) is 5.21. The van der Waals surface area contributed by atoms with Gasteiger partial charge in [0.2, 0.25) is 0 Å². The topological polar surface area (TPSA) is 15.3 Å². The van der Waals surface area contributed by atoms with Gasteiger partial charge in [-0.2, -0.15) is 0 Å². The third kappa shape index (κ3) is 3.53. The Kier molecular flexibility index (Phi) is 3.83. The molecule has 1 saturated carbocycles. The van der Waals surface area contributed by atoms with Crippen LogP contribution in [0.2, 0.25) is 0 Å². The molecule has 2 heteroatoms. The Labute approximate surface area is 98.7 Å². The molecule has 0 amide bonds. The Balaban J connectivity index is 1.71. The number of anilines is 1. The van der Waals surface area contributed by atoms with Gasteiger partial charge in [0.1, 0.15) is 0 Å². The quantitative estimate of drug-likeness (QED) is 0.738. The lowest BCUT2D eigenvalue weighted by molar-refractivity contribution is 0.645. The summed E-state index contributed by atoms with van der Waals surface area (Å²) in [5, 5.41) is 3.55.